The van der Waals surface area contributed by atoms with Gasteiger partial charge in [0.25, 0.3) is 5.56 Å². The van der Waals surface area contributed by atoms with Gasteiger partial charge in [0.1, 0.15) is 0 Å². The maximum absolute atomic E-state index is 12.5. The molecule has 5 nitrogen and oxygen atoms in total. The Morgan fingerprint density at radius 1 is 1.45 bits per heavy atom. The molecule has 1 aromatic heterocycles. The molecule has 5 heteroatoms. The number of aromatic nitrogens is 1. The number of fused-ring (bicyclic) bond motifs is 1. The van der Waals surface area contributed by atoms with Crippen molar-refractivity contribution in [2.24, 2.45) is 0 Å². The van der Waals surface area contributed by atoms with Crippen LogP contribution in [0.1, 0.15) is 43.6 Å². The van der Waals surface area contributed by atoms with Crippen molar-refractivity contribution in [2.45, 2.75) is 46.2 Å². The minimum absolute atomic E-state index is 0.0539. The predicted molar refractivity (Wildman–Crippen MR) is 77.1 cm³/mol. The Kier molecular flexibility index (Phi) is 4.28. The molecule has 0 amide bonds. The molecule has 2 heterocycles. The summed E-state index contributed by atoms with van der Waals surface area (Å²) in [7, 11) is 0. The summed E-state index contributed by atoms with van der Waals surface area (Å²) in [6.45, 7) is 8.77. The normalized spacial score (nSPS) is 15.4. The summed E-state index contributed by atoms with van der Waals surface area (Å²) in [5.74, 6) is -0.958. The van der Waals surface area contributed by atoms with Crippen LogP contribution in [0.2, 0.25) is 0 Å². The number of carboxylic acid groups (broad SMARTS) is 1. The van der Waals surface area contributed by atoms with Gasteiger partial charge in [0.2, 0.25) is 0 Å². The van der Waals surface area contributed by atoms with E-state index in [2.05, 4.69) is 11.8 Å². The zero-order valence-electron chi connectivity index (χ0n) is 12.3. The van der Waals surface area contributed by atoms with Gasteiger partial charge in [-0.3, -0.25) is 14.5 Å². The molecule has 20 heavy (non-hydrogen) atoms. The Hall–Kier alpha value is -1.62. The Labute approximate surface area is 118 Å². The monoisotopic (exact) mass is 278 g/mol. The van der Waals surface area contributed by atoms with E-state index in [1.165, 1.54) is 0 Å². The summed E-state index contributed by atoms with van der Waals surface area (Å²) in [5, 5.41) is 8.96. The van der Waals surface area contributed by atoms with Gasteiger partial charge in [-0.05, 0) is 32.0 Å². The van der Waals surface area contributed by atoms with Crippen LogP contribution in [0.25, 0.3) is 0 Å². The number of hydrogen-bond acceptors (Lipinski definition) is 3. The molecule has 0 saturated carbocycles. The van der Waals surface area contributed by atoms with Gasteiger partial charge < -0.3 is 9.67 Å². The summed E-state index contributed by atoms with van der Waals surface area (Å²) in [6, 6.07) is 1.85. The molecule has 0 radical (unpaired) electrons. The van der Waals surface area contributed by atoms with Gasteiger partial charge in [0.15, 0.2) is 0 Å². The van der Waals surface area contributed by atoms with Crippen molar-refractivity contribution in [1.29, 1.82) is 0 Å². The first kappa shape index (κ1) is 14.8. The molecule has 0 atom stereocenters. The van der Waals surface area contributed by atoms with Crippen LogP contribution in [0.5, 0.6) is 0 Å². The van der Waals surface area contributed by atoms with Crippen LogP contribution < -0.4 is 5.56 Å². The number of likely N-dealkylation sites (N-methyl/N-ethyl adjacent to an activating group) is 1. The fourth-order valence-corrected chi connectivity index (χ4v) is 2.89. The molecule has 0 spiro atoms. The molecular formula is C15H22N2O3. The minimum atomic E-state index is -0.958. The molecule has 1 N–H and O–H groups in total. The van der Waals surface area contributed by atoms with Gasteiger partial charge in [-0.15, -0.1) is 0 Å². The highest BCUT2D eigenvalue weighted by molar-refractivity contribution is 5.70. The predicted octanol–water partition coefficient (Wildman–Crippen LogP) is 1.43. The first-order valence-electron chi connectivity index (χ1n) is 7.14. The summed E-state index contributed by atoms with van der Waals surface area (Å²) >= 11 is 0. The molecular weight excluding hydrogens is 256 g/mol. The van der Waals surface area contributed by atoms with E-state index in [1.807, 2.05) is 13.8 Å². The molecule has 0 unspecified atom stereocenters. The minimum Gasteiger partial charge on any atom is -0.481 e. The SMILES string of the molecule is CCN1CCc2c(cc(CC(=O)O)c(=O)n2C(C)C)C1. The fourth-order valence-electron chi connectivity index (χ4n) is 2.89. The summed E-state index contributed by atoms with van der Waals surface area (Å²) in [6.07, 6.45) is 0.648. The van der Waals surface area contributed by atoms with Gasteiger partial charge in [-0.1, -0.05) is 6.92 Å². The van der Waals surface area contributed by atoms with Crippen LogP contribution in [0.3, 0.4) is 0 Å². The third-order valence-electron chi connectivity index (χ3n) is 3.87. The number of hydrogen-bond donors (Lipinski definition) is 1. The Bertz CT molecular complexity index is 575. The second-order valence-electron chi connectivity index (χ2n) is 5.60. The number of rotatable bonds is 4. The summed E-state index contributed by atoms with van der Waals surface area (Å²) in [5.41, 5.74) is 2.42. The summed E-state index contributed by atoms with van der Waals surface area (Å²) in [4.78, 5) is 25.7. The van der Waals surface area contributed by atoms with E-state index in [1.54, 1.807) is 10.6 Å². The summed E-state index contributed by atoms with van der Waals surface area (Å²) < 4.78 is 1.78. The van der Waals surface area contributed by atoms with Crippen molar-refractivity contribution in [3.63, 3.8) is 0 Å². The van der Waals surface area contributed by atoms with Crippen LogP contribution >= 0.6 is 0 Å². The van der Waals surface area contributed by atoms with E-state index in [4.69, 9.17) is 5.11 Å². The molecule has 0 aromatic carbocycles. The van der Waals surface area contributed by atoms with Crippen molar-refractivity contribution in [3.8, 4) is 0 Å². The van der Waals surface area contributed by atoms with Gasteiger partial charge in [0, 0.05) is 36.8 Å². The van der Waals surface area contributed by atoms with Crippen molar-refractivity contribution in [2.75, 3.05) is 13.1 Å². The largest absolute Gasteiger partial charge is 0.481 e. The van der Waals surface area contributed by atoms with E-state index in [9.17, 15) is 9.59 Å². The Morgan fingerprint density at radius 3 is 2.70 bits per heavy atom. The lowest BCUT2D eigenvalue weighted by Gasteiger charge is -2.31. The van der Waals surface area contributed by atoms with Gasteiger partial charge in [0.05, 0.1) is 6.42 Å². The van der Waals surface area contributed by atoms with E-state index >= 15 is 0 Å². The van der Waals surface area contributed by atoms with Crippen LogP contribution in [0.15, 0.2) is 10.9 Å². The number of nitrogens with zero attached hydrogens (tertiary/aromatic N) is 2. The van der Waals surface area contributed by atoms with Crippen LogP contribution in [-0.4, -0.2) is 33.6 Å². The first-order chi connectivity index (χ1) is 9.43. The van der Waals surface area contributed by atoms with Gasteiger partial charge >= 0.3 is 5.97 Å². The number of pyridine rings is 1. The lowest BCUT2D eigenvalue weighted by Crippen LogP contribution is -2.37. The molecule has 0 bridgehead atoms. The fraction of sp³-hybridized carbons (Fsp3) is 0.600. The standard InChI is InChI=1S/C15H22N2O3/c1-4-16-6-5-13-12(9-16)7-11(8-14(18)19)15(20)17(13)10(2)3/h7,10H,4-6,8-9H2,1-3H3,(H,18,19). The lowest BCUT2D eigenvalue weighted by molar-refractivity contribution is -0.136. The average Bonchev–Trinajstić information content (AvgIpc) is 2.38. The third-order valence-corrected chi connectivity index (χ3v) is 3.87. The third kappa shape index (κ3) is 2.77. The van der Waals surface area contributed by atoms with Crippen molar-refractivity contribution >= 4 is 5.97 Å². The number of carboxylic acids is 1. The molecule has 1 aromatic rings. The van der Waals surface area contributed by atoms with E-state index in [0.717, 1.165) is 37.3 Å². The topological polar surface area (TPSA) is 62.5 Å². The highest BCUT2D eigenvalue weighted by Crippen LogP contribution is 2.21. The molecule has 1 aliphatic rings. The van der Waals surface area contributed by atoms with E-state index in [0.29, 0.717) is 5.56 Å². The first-order valence-corrected chi connectivity index (χ1v) is 7.14. The van der Waals surface area contributed by atoms with Crippen LogP contribution in [0, 0.1) is 0 Å². The molecule has 2 rings (SSSR count). The molecule has 0 saturated heterocycles. The number of aliphatic carboxylic acids is 1. The molecule has 0 aliphatic carbocycles. The highest BCUT2D eigenvalue weighted by atomic mass is 16.4. The zero-order chi connectivity index (χ0) is 14.9. The van der Waals surface area contributed by atoms with E-state index < -0.39 is 5.97 Å². The lowest BCUT2D eigenvalue weighted by atomic mass is 10.0. The second kappa shape index (κ2) is 5.79. The molecule has 110 valence electrons. The maximum Gasteiger partial charge on any atom is 0.308 e. The molecule has 0 fully saturated rings. The van der Waals surface area contributed by atoms with Crippen LogP contribution in [0.4, 0.5) is 0 Å². The van der Waals surface area contributed by atoms with Gasteiger partial charge in [-0.25, -0.2) is 0 Å². The van der Waals surface area contributed by atoms with Crippen molar-refractivity contribution < 1.29 is 9.90 Å². The quantitative estimate of drug-likeness (QED) is 0.905. The van der Waals surface area contributed by atoms with Crippen molar-refractivity contribution in [3.05, 3.63) is 33.2 Å². The second-order valence-corrected chi connectivity index (χ2v) is 5.60. The zero-order valence-corrected chi connectivity index (χ0v) is 12.3. The Morgan fingerprint density at radius 2 is 2.15 bits per heavy atom. The Balaban J connectivity index is 2.56. The maximum atomic E-state index is 12.5. The van der Waals surface area contributed by atoms with Crippen molar-refractivity contribution in [1.82, 2.24) is 9.47 Å². The smallest absolute Gasteiger partial charge is 0.308 e. The van der Waals surface area contributed by atoms with Crippen LogP contribution in [-0.2, 0) is 24.2 Å². The average molecular weight is 278 g/mol. The number of carbonyl (C=O) groups is 1. The van der Waals surface area contributed by atoms with E-state index in [-0.39, 0.29) is 18.0 Å². The van der Waals surface area contributed by atoms with Gasteiger partial charge in [-0.2, -0.15) is 0 Å². The highest BCUT2D eigenvalue weighted by Gasteiger charge is 2.22. The molecule has 1 aliphatic heterocycles.